The molecular formula is C12H19N5O2. The molecule has 2 rings (SSSR count). The van der Waals surface area contributed by atoms with E-state index in [-0.39, 0.29) is 17.8 Å². The van der Waals surface area contributed by atoms with Crippen LogP contribution in [-0.2, 0) is 6.54 Å². The molecule has 0 aliphatic rings. The van der Waals surface area contributed by atoms with E-state index in [0.29, 0.717) is 12.2 Å². The van der Waals surface area contributed by atoms with E-state index in [2.05, 4.69) is 15.4 Å². The van der Waals surface area contributed by atoms with Gasteiger partial charge in [0.15, 0.2) is 5.65 Å². The van der Waals surface area contributed by atoms with Crippen molar-refractivity contribution in [2.24, 2.45) is 0 Å². The Balaban J connectivity index is 2.09. The van der Waals surface area contributed by atoms with Crippen LogP contribution in [0, 0.1) is 0 Å². The fourth-order valence-corrected chi connectivity index (χ4v) is 1.69. The Morgan fingerprint density at radius 1 is 1.47 bits per heavy atom. The summed E-state index contributed by atoms with van der Waals surface area (Å²) in [6.45, 7) is 6.61. The molecule has 1 unspecified atom stereocenters. The molecule has 2 heterocycles. The molecule has 0 radical (unpaired) electrons. The monoisotopic (exact) mass is 265 g/mol. The Bertz CT molecular complexity index is 610. The number of β-amino-alcohol motifs (C(OH)–C–C–N with tert-alkyl or cyclic N) is 1. The predicted octanol–water partition coefficient (Wildman–Crippen LogP) is -0.360. The summed E-state index contributed by atoms with van der Waals surface area (Å²) >= 11 is 0. The summed E-state index contributed by atoms with van der Waals surface area (Å²) in [6, 6.07) is 0. The van der Waals surface area contributed by atoms with Crippen molar-refractivity contribution in [1.82, 2.24) is 24.5 Å². The fourth-order valence-electron chi connectivity index (χ4n) is 1.69. The third-order valence-electron chi connectivity index (χ3n) is 2.64. The summed E-state index contributed by atoms with van der Waals surface area (Å²) in [5.74, 6) is 0. The zero-order chi connectivity index (χ0) is 14.0. The first-order chi connectivity index (χ1) is 8.87. The van der Waals surface area contributed by atoms with Crippen LogP contribution in [0.1, 0.15) is 20.8 Å². The average Bonchev–Trinajstić information content (AvgIpc) is 2.64. The number of aromatic nitrogens is 4. The normalized spacial score (nSPS) is 13.9. The number of hydrogen-bond acceptors (Lipinski definition) is 5. The maximum atomic E-state index is 12.0. The number of nitrogens with one attached hydrogen (secondary N) is 1. The van der Waals surface area contributed by atoms with Gasteiger partial charge < -0.3 is 10.4 Å². The molecule has 0 amide bonds. The molecule has 2 N–H and O–H groups in total. The van der Waals surface area contributed by atoms with E-state index in [0.717, 1.165) is 0 Å². The van der Waals surface area contributed by atoms with Gasteiger partial charge in [0, 0.05) is 24.5 Å². The maximum absolute atomic E-state index is 12.0. The van der Waals surface area contributed by atoms with Crippen LogP contribution in [0.15, 0.2) is 23.4 Å². The second kappa shape index (κ2) is 5.10. The Morgan fingerprint density at radius 3 is 2.84 bits per heavy atom. The lowest BCUT2D eigenvalue weighted by Gasteiger charge is -2.22. The minimum atomic E-state index is -0.671. The van der Waals surface area contributed by atoms with E-state index in [1.807, 2.05) is 20.8 Å². The van der Waals surface area contributed by atoms with E-state index in [1.165, 1.54) is 21.5 Å². The van der Waals surface area contributed by atoms with Gasteiger partial charge in [0.05, 0.1) is 18.8 Å². The quantitative estimate of drug-likeness (QED) is 0.788. The predicted molar refractivity (Wildman–Crippen MR) is 71.0 cm³/mol. The van der Waals surface area contributed by atoms with Crippen molar-refractivity contribution in [1.29, 1.82) is 0 Å². The van der Waals surface area contributed by atoms with E-state index >= 15 is 0 Å². The van der Waals surface area contributed by atoms with E-state index in [4.69, 9.17) is 0 Å². The van der Waals surface area contributed by atoms with Crippen molar-refractivity contribution in [3.8, 4) is 0 Å². The van der Waals surface area contributed by atoms with Crippen molar-refractivity contribution in [2.45, 2.75) is 39.0 Å². The van der Waals surface area contributed by atoms with Gasteiger partial charge in [0.2, 0.25) is 0 Å². The number of aliphatic hydroxyl groups excluding tert-OH is 1. The fraction of sp³-hybridized carbons (Fsp3) is 0.583. The second-order valence-electron chi connectivity index (χ2n) is 5.55. The summed E-state index contributed by atoms with van der Waals surface area (Å²) in [4.78, 5) is 15.9. The minimum absolute atomic E-state index is 0.0746. The van der Waals surface area contributed by atoms with Gasteiger partial charge in [-0.25, -0.2) is 13.9 Å². The van der Waals surface area contributed by atoms with Crippen molar-refractivity contribution in [3.05, 3.63) is 29.1 Å². The molecule has 2 aromatic heterocycles. The molecule has 0 aromatic carbocycles. The zero-order valence-corrected chi connectivity index (χ0v) is 11.4. The van der Waals surface area contributed by atoms with Crippen LogP contribution in [0.2, 0.25) is 0 Å². The topological polar surface area (TPSA) is 84.4 Å². The summed E-state index contributed by atoms with van der Waals surface area (Å²) in [5.41, 5.74) is 0.130. The van der Waals surface area contributed by atoms with E-state index < -0.39 is 6.10 Å². The number of nitrogens with zero attached hydrogens (tertiary/aromatic N) is 4. The number of rotatable bonds is 4. The van der Waals surface area contributed by atoms with E-state index in [9.17, 15) is 9.90 Å². The largest absolute Gasteiger partial charge is 0.390 e. The Labute approximate surface area is 110 Å². The highest BCUT2D eigenvalue weighted by atomic mass is 16.3. The second-order valence-corrected chi connectivity index (χ2v) is 5.55. The molecule has 0 saturated heterocycles. The number of hydrogen-bond donors (Lipinski definition) is 2. The smallest absolute Gasteiger partial charge is 0.350 e. The summed E-state index contributed by atoms with van der Waals surface area (Å²) in [7, 11) is 0. The molecule has 0 saturated carbocycles. The van der Waals surface area contributed by atoms with Gasteiger partial charge in [0.1, 0.15) is 0 Å². The molecule has 0 aliphatic heterocycles. The molecule has 7 nitrogen and oxygen atoms in total. The summed E-state index contributed by atoms with van der Waals surface area (Å²) in [6.07, 6.45) is 3.92. The molecule has 0 bridgehead atoms. The number of fused-ring (bicyclic) bond motifs is 1. The van der Waals surface area contributed by atoms with E-state index in [1.54, 1.807) is 6.20 Å². The highest BCUT2D eigenvalue weighted by molar-refractivity contribution is 5.31. The Morgan fingerprint density at radius 2 is 2.21 bits per heavy atom. The van der Waals surface area contributed by atoms with Crippen molar-refractivity contribution in [2.75, 3.05) is 6.54 Å². The molecule has 2 aromatic rings. The molecule has 0 aliphatic carbocycles. The maximum Gasteiger partial charge on any atom is 0.350 e. The zero-order valence-electron chi connectivity index (χ0n) is 11.4. The van der Waals surface area contributed by atoms with Gasteiger partial charge in [-0.05, 0) is 20.8 Å². The van der Waals surface area contributed by atoms with Crippen LogP contribution < -0.4 is 11.0 Å². The number of aliphatic hydroxyl groups is 1. The van der Waals surface area contributed by atoms with Crippen molar-refractivity contribution < 1.29 is 5.11 Å². The van der Waals surface area contributed by atoms with Crippen LogP contribution in [0.25, 0.3) is 5.65 Å². The summed E-state index contributed by atoms with van der Waals surface area (Å²) < 4.78 is 2.66. The van der Waals surface area contributed by atoms with Crippen LogP contribution in [0.3, 0.4) is 0 Å². The average molecular weight is 265 g/mol. The van der Waals surface area contributed by atoms with Crippen LogP contribution in [0.4, 0.5) is 0 Å². The van der Waals surface area contributed by atoms with Gasteiger partial charge in [-0.15, -0.1) is 5.10 Å². The molecule has 1 atom stereocenters. The highest BCUT2D eigenvalue weighted by Crippen LogP contribution is 1.99. The first-order valence-electron chi connectivity index (χ1n) is 6.19. The molecule has 19 heavy (non-hydrogen) atoms. The van der Waals surface area contributed by atoms with Gasteiger partial charge in [-0.2, -0.15) is 0 Å². The lowest BCUT2D eigenvalue weighted by atomic mass is 10.1. The highest BCUT2D eigenvalue weighted by Gasteiger charge is 2.15. The van der Waals surface area contributed by atoms with Gasteiger partial charge in [-0.1, -0.05) is 0 Å². The van der Waals surface area contributed by atoms with Crippen LogP contribution in [-0.4, -0.2) is 42.5 Å². The standard InChI is InChI=1S/C12H19N5O2/c1-12(2,3)14-6-9(18)8-17-11(19)16-5-4-13-7-10(16)15-17/h4-5,7,9,14,18H,6,8H2,1-3H3. The van der Waals surface area contributed by atoms with Gasteiger partial charge >= 0.3 is 5.69 Å². The third kappa shape index (κ3) is 3.39. The Hall–Kier alpha value is -1.73. The van der Waals surface area contributed by atoms with Crippen molar-refractivity contribution in [3.63, 3.8) is 0 Å². The van der Waals surface area contributed by atoms with Crippen LogP contribution in [0.5, 0.6) is 0 Å². The van der Waals surface area contributed by atoms with Gasteiger partial charge in [-0.3, -0.25) is 4.98 Å². The molecule has 104 valence electrons. The molecule has 0 fully saturated rings. The van der Waals surface area contributed by atoms with Gasteiger partial charge in [0.25, 0.3) is 0 Å². The van der Waals surface area contributed by atoms with Crippen LogP contribution >= 0.6 is 0 Å². The lowest BCUT2D eigenvalue weighted by molar-refractivity contribution is 0.136. The first kappa shape index (κ1) is 13.7. The third-order valence-corrected chi connectivity index (χ3v) is 2.64. The molecular weight excluding hydrogens is 246 g/mol. The SMILES string of the molecule is CC(C)(C)NCC(O)Cn1nc2cnccn2c1=O. The Kier molecular flexibility index (Phi) is 3.68. The lowest BCUT2D eigenvalue weighted by Crippen LogP contribution is -2.42. The first-order valence-corrected chi connectivity index (χ1v) is 6.19. The van der Waals surface area contributed by atoms with Crippen molar-refractivity contribution >= 4 is 5.65 Å². The minimum Gasteiger partial charge on any atom is -0.390 e. The molecule has 7 heteroatoms. The summed E-state index contributed by atoms with van der Waals surface area (Å²) in [5, 5.41) is 17.2. The molecule has 0 spiro atoms.